The highest BCUT2D eigenvalue weighted by Crippen LogP contribution is 2.40. The van der Waals surface area contributed by atoms with Crippen molar-refractivity contribution in [1.82, 2.24) is 10.4 Å². The van der Waals surface area contributed by atoms with Crippen LogP contribution >= 0.6 is 11.3 Å². The first-order valence-corrected chi connectivity index (χ1v) is 12.1. The topological polar surface area (TPSA) is 120 Å². The number of hydrogen-bond donors (Lipinski definition) is 1. The molecular weight excluding hydrogens is 478 g/mol. The number of nitrogens with one attached hydrogen (secondary N) is 1. The first-order chi connectivity index (χ1) is 16.5. The van der Waals surface area contributed by atoms with Gasteiger partial charge in [0.15, 0.2) is 16.4 Å². The van der Waals surface area contributed by atoms with E-state index in [1.165, 1.54) is 19.7 Å². The fourth-order valence-corrected chi connectivity index (χ4v) is 5.42. The van der Waals surface area contributed by atoms with E-state index in [0.29, 0.717) is 39.5 Å². The first kappa shape index (κ1) is 23.2. The SMILES string of the molecule is COc1cccc(CC(=O)NN=COS(=O)(=O)c2sc(-c3cnco3)cc2-c2ccccc2)c1. The molecule has 34 heavy (non-hydrogen) atoms. The highest BCUT2D eigenvalue weighted by Gasteiger charge is 2.26. The average Bonchev–Trinajstić information content (AvgIpc) is 3.53. The van der Waals surface area contributed by atoms with Gasteiger partial charge in [-0.05, 0) is 29.3 Å². The van der Waals surface area contributed by atoms with Gasteiger partial charge in [-0.25, -0.2) is 10.4 Å². The lowest BCUT2D eigenvalue weighted by atomic mass is 10.1. The molecule has 2 aromatic carbocycles. The third-order valence-corrected chi connectivity index (χ3v) is 7.42. The molecule has 11 heteroatoms. The normalized spacial score (nSPS) is 11.4. The quantitative estimate of drug-likeness (QED) is 0.160. The Hall–Kier alpha value is -3.96. The molecule has 0 radical (unpaired) electrons. The summed E-state index contributed by atoms with van der Waals surface area (Å²) in [5.74, 6) is 0.611. The summed E-state index contributed by atoms with van der Waals surface area (Å²) in [6.45, 7) is 0. The second-order valence-corrected chi connectivity index (χ2v) is 9.71. The minimum Gasteiger partial charge on any atom is -0.497 e. The van der Waals surface area contributed by atoms with E-state index in [1.54, 1.807) is 54.6 Å². The predicted molar refractivity (Wildman–Crippen MR) is 127 cm³/mol. The van der Waals surface area contributed by atoms with Gasteiger partial charge < -0.3 is 13.3 Å². The lowest BCUT2D eigenvalue weighted by molar-refractivity contribution is -0.120. The van der Waals surface area contributed by atoms with Crippen LogP contribution in [-0.4, -0.2) is 32.8 Å². The Morgan fingerprint density at radius 1 is 1.18 bits per heavy atom. The molecule has 0 spiro atoms. The van der Waals surface area contributed by atoms with E-state index in [2.05, 4.69) is 15.5 Å². The Kier molecular flexibility index (Phi) is 7.04. The molecule has 2 aromatic heterocycles. The zero-order chi connectivity index (χ0) is 24.0. The van der Waals surface area contributed by atoms with E-state index in [-0.39, 0.29) is 10.6 Å². The maximum atomic E-state index is 12.9. The molecule has 1 N–H and O–H groups in total. The summed E-state index contributed by atoms with van der Waals surface area (Å²) in [7, 11) is -2.70. The molecule has 174 valence electrons. The van der Waals surface area contributed by atoms with Crippen LogP contribution in [0, 0.1) is 0 Å². The molecule has 0 saturated heterocycles. The van der Waals surface area contributed by atoms with Crippen LogP contribution in [0.5, 0.6) is 5.75 Å². The van der Waals surface area contributed by atoms with Crippen molar-refractivity contribution in [3.8, 4) is 27.5 Å². The maximum absolute atomic E-state index is 12.9. The molecule has 0 aliphatic carbocycles. The van der Waals surface area contributed by atoms with Crippen LogP contribution in [-0.2, 0) is 25.5 Å². The fraction of sp³-hybridized carbons (Fsp3) is 0.0870. The van der Waals surface area contributed by atoms with Gasteiger partial charge in [0.05, 0.1) is 24.6 Å². The number of thiophene rings is 1. The number of hydrazone groups is 1. The third-order valence-electron chi connectivity index (χ3n) is 4.60. The van der Waals surface area contributed by atoms with E-state index in [4.69, 9.17) is 13.3 Å². The lowest BCUT2D eigenvalue weighted by Gasteiger charge is -2.05. The lowest BCUT2D eigenvalue weighted by Crippen LogP contribution is -2.20. The minimum atomic E-state index is -4.24. The highest BCUT2D eigenvalue weighted by atomic mass is 32.3. The van der Waals surface area contributed by atoms with Crippen LogP contribution in [0.4, 0.5) is 0 Å². The number of amides is 1. The van der Waals surface area contributed by atoms with Gasteiger partial charge in [0.25, 0.3) is 0 Å². The molecule has 0 aliphatic heterocycles. The van der Waals surface area contributed by atoms with Crippen LogP contribution in [0.1, 0.15) is 5.56 Å². The maximum Gasteiger partial charge on any atom is 0.350 e. The van der Waals surface area contributed by atoms with Crippen LogP contribution in [0.15, 0.2) is 87.0 Å². The van der Waals surface area contributed by atoms with Crippen molar-refractivity contribution in [3.63, 3.8) is 0 Å². The van der Waals surface area contributed by atoms with Gasteiger partial charge in [-0.3, -0.25) is 4.79 Å². The van der Waals surface area contributed by atoms with Gasteiger partial charge in [0, 0.05) is 5.56 Å². The fourth-order valence-electron chi connectivity index (χ4n) is 3.07. The molecule has 0 unspecified atom stereocenters. The molecule has 0 atom stereocenters. The molecular formula is C23H19N3O6S2. The number of benzene rings is 2. The summed E-state index contributed by atoms with van der Waals surface area (Å²) in [6, 6.07) is 17.7. The predicted octanol–water partition coefficient (Wildman–Crippen LogP) is 4.09. The molecule has 4 rings (SSSR count). The molecule has 0 aliphatic rings. The van der Waals surface area contributed by atoms with Crippen molar-refractivity contribution in [2.45, 2.75) is 10.6 Å². The largest absolute Gasteiger partial charge is 0.497 e. The van der Waals surface area contributed by atoms with E-state index in [9.17, 15) is 13.2 Å². The summed E-state index contributed by atoms with van der Waals surface area (Å²) < 4.78 is 41.2. The average molecular weight is 498 g/mol. The molecule has 0 bridgehead atoms. The van der Waals surface area contributed by atoms with E-state index in [1.807, 2.05) is 6.07 Å². The summed E-state index contributed by atoms with van der Waals surface area (Å²) in [5, 5.41) is 3.60. The van der Waals surface area contributed by atoms with Crippen LogP contribution in [0.25, 0.3) is 21.8 Å². The van der Waals surface area contributed by atoms with Gasteiger partial charge in [-0.2, -0.15) is 8.42 Å². The van der Waals surface area contributed by atoms with Gasteiger partial charge in [0.1, 0.15) is 5.75 Å². The number of aromatic nitrogens is 1. The number of methoxy groups -OCH3 is 1. The number of carbonyl (C=O) groups is 1. The van der Waals surface area contributed by atoms with Gasteiger partial charge in [0.2, 0.25) is 12.3 Å². The number of carbonyl (C=O) groups excluding carboxylic acids is 1. The van der Waals surface area contributed by atoms with Gasteiger partial charge in [-0.1, -0.05) is 42.5 Å². The number of nitrogens with zero attached hydrogens (tertiary/aromatic N) is 2. The second kappa shape index (κ2) is 10.3. The molecule has 0 saturated carbocycles. The standard InChI is InChI=1S/C23H19N3O6S2/c1-30-18-9-5-6-16(10-18)11-22(27)26-25-15-32-34(28,29)23-19(17-7-3-2-4-8-17)12-21(33-23)20-13-24-14-31-20/h2-10,12-15H,11H2,1H3,(H,26,27). The molecule has 9 nitrogen and oxygen atoms in total. The first-order valence-electron chi connectivity index (χ1n) is 9.91. The number of rotatable bonds is 9. The monoisotopic (exact) mass is 497 g/mol. The van der Waals surface area contributed by atoms with E-state index in [0.717, 1.165) is 11.3 Å². The van der Waals surface area contributed by atoms with Crippen molar-refractivity contribution in [1.29, 1.82) is 0 Å². The van der Waals surface area contributed by atoms with Crippen molar-refractivity contribution in [2.24, 2.45) is 5.10 Å². The Balaban J connectivity index is 1.48. The number of ether oxygens (including phenoxy) is 1. The summed E-state index contributed by atoms with van der Waals surface area (Å²) in [6.07, 6.45) is 3.48. The second-order valence-electron chi connectivity index (χ2n) is 6.89. The van der Waals surface area contributed by atoms with Crippen molar-refractivity contribution < 1.29 is 26.5 Å². The van der Waals surface area contributed by atoms with Gasteiger partial charge in [-0.15, -0.1) is 16.4 Å². The Morgan fingerprint density at radius 3 is 2.74 bits per heavy atom. The van der Waals surface area contributed by atoms with Crippen LogP contribution in [0.3, 0.4) is 0 Å². The molecule has 4 aromatic rings. The third kappa shape index (κ3) is 5.50. The smallest absolute Gasteiger partial charge is 0.350 e. The van der Waals surface area contributed by atoms with Crippen molar-refractivity contribution in [3.05, 3.63) is 78.8 Å². The summed E-state index contributed by atoms with van der Waals surface area (Å²) in [4.78, 5) is 16.5. The Bertz CT molecular complexity index is 1400. The van der Waals surface area contributed by atoms with E-state index >= 15 is 0 Å². The molecule has 2 heterocycles. The molecule has 1 amide bonds. The number of hydrogen-bond acceptors (Lipinski definition) is 9. The van der Waals surface area contributed by atoms with Crippen LogP contribution in [0.2, 0.25) is 0 Å². The summed E-state index contributed by atoms with van der Waals surface area (Å²) in [5.41, 5.74) is 4.10. The van der Waals surface area contributed by atoms with Crippen LogP contribution < -0.4 is 10.2 Å². The minimum absolute atomic E-state index is 0.0285. The van der Waals surface area contributed by atoms with Crippen molar-refractivity contribution in [2.75, 3.05) is 7.11 Å². The zero-order valence-corrected chi connectivity index (χ0v) is 19.5. The molecule has 0 fully saturated rings. The highest BCUT2D eigenvalue weighted by molar-refractivity contribution is 7.89. The van der Waals surface area contributed by atoms with Crippen molar-refractivity contribution >= 4 is 33.8 Å². The Morgan fingerprint density at radius 2 is 2.00 bits per heavy atom. The zero-order valence-electron chi connectivity index (χ0n) is 17.9. The van der Waals surface area contributed by atoms with E-state index < -0.39 is 16.0 Å². The number of oxazole rings is 1. The summed E-state index contributed by atoms with van der Waals surface area (Å²) >= 11 is 0.981. The Labute approximate surface area is 199 Å². The van der Waals surface area contributed by atoms with Gasteiger partial charge >= 0.3 is 10.1 Å².